The summed E-state index contributed by atoms with van der Waals surface area (Å²) in [5.41, 5.74) is 0.778. The first-order chi connectivity index (χ1) is 8.29. The second-order valence-electron chi connectivity index (χ2n) is 4.11. The molecule has 3 rings (SSSR count). The van der Waals surface area contributed by atoms with Crippen LogP contribution in [0.2, 0.25) is 0 Å². The van der Waals surface area contributed by atoms with Crippen molar-refractivity contribution in [3.63, 3.8) is 0 Å². The van der Waals surface area contributed by atoms with Crippen LogP contribution in [0, 0.1) is 5.95 Å². The molecule has 88 valence electrons. The predicted molar refractivity (Wildman–Crippen MR) is 60.2 cm³/mol. The molecule has 1 fully saturated rings. The minimum atomic E-state index is -0.597. The summed E-state index contributed by atoms with van der Waals surface area (Å²) in [5.74, 6) is 0.368. The van der Waals surface area contributed by atoms with E-state index in [0.717, 1.165) is 11.4 Å². The summed E-state index contributed by atoms with van der Waals surface area (Å²) >= 11 is 0. The molecule has 5 heteroatoms. The maximum Gasteiger partial charge on any atom is 0.255 e. The molecule has 0 N–H and O–H groups in total. The van der Waals surface area contributed by atoms with Crippen LogP contribution in [-0.4, -0.2) is 21.6 Å². The van der Waals surface area contributed by atoms with Crippen molar-refractivity contribution in [3.8, 4) is 17.1 Å². The van der Waals surface area contributed by atoms with Gasteiger partial charge in [0.25, 0.3) is 5.95 Å². The summed E-state index contributed by atoms with van der Waals surface area (Å²) in [6.45, 7) is 0. The van der Waals surface area contributed by atoms with Gasteiger partial charge in [-0.3, -0.25) is 0 Å². The van der Waals surface area contributed by atoms with Gasteiger partial charge in [0.05, 0.1) is 7.11 Å². The molecule has 0 amide bonds. The van der Waals surface area contributed by atoms with E-state index in [-0.39, 0.29) is 5.75 Å². The number of aromatic nitrogens is 3. The number of methoxy groups -OCH3 is 1. The van der Waals surface area contributed by atoms with Crippen molar-refractivity contribution in [2.75, 3.05) is 7.11 Å². The lowest BCUT2D eigenvalue weighted by Crippen LogP contribution is -1.98. The Hall–Kier alpha value is -1.91. The first kappa shape index (κ1) is 10.3. The number of halogens is 1. The van der Waals surface area contributed by atoms with Crippen molar-refractivity contribution >= 4 is 0 Å². The molecule has 0 spiro atoms. The molecule has 1 aliphatic rings. The lowest BCUT2D eigenvalue weighted by Gasteiger charge is -2.07. The highest BCUT2D eigenvalue weighted by Gasteiger charge is 2.26. The van der Waals surface area contributed by atoms with E-state index in [2.05, 4.69) is 14.5 Å². The van der Waals surface area contributed by atoms with Crippen LogP contribution in [0.3, 0.4) is 0 Å². The van der Waals surface area contributed by atoms with Gasteiger partial charge in [0, 0.05) is 30.2 Å². The Morgan fingerprint density at radius 2 is 2.24 bits per heavy atom. The number of rotatable bonds is 3. The lowest BCUT2D eigenvalue weighted by molar-refractivity contribution is 0.378. The van der Waals surface area contributed by atoms with E-state index < -0.39 is 5.95 Å². The average molecular weight is 233 g/mol. The van der Waals surface area contributed by atoms with Gasteiger partial charge in [-0.2, -0.15) is 4.39 Å². The summed E-state index contributed by atoms with van der Waals surface area (Å²) in [5, 5.41) is 0. The molecule has 4 nitrogen and oxygen atoms in total. The Balaban J connectivity index is 2.05. The molecule has 2 heterocycles. The molecular weight excluding hydrogens is 221 g/mol. The van der Waals surface area contributed by atoms with Crippen molar-refractivity contribution < 1.29 is 9.13 Å². The number of nitrogens with zero attached hydrogens (tertiary/aromatic N) is 3. The van der Waals surface area contributed by atoms with E-state index >= 15 is 0 Å². The van der Waals surface area contributed by atoms with E-state index in [4.69, 9.17) is 4.74 Å². The molecule has 0 aliphatic heterocycles. The lowest BCUT2D eigenvalue weighted by atomic mass is 10.2. The number of hydrogen-bond donors (Lipinski definition) is 0. The summed E-state index contributed by atoms with van der Waals surface area (Å²) in [6.07, 6.45) is 7.54. The number of hydrogen-bond acceptors (Lipinski definition) is 3. The first-order valence-corrected chi connectivity index (χ1v) is 5.52. The molecule has 2 aromatic rings. The van der Waals surface area contributed by atoms with Crippen molar-refractivity contribution in [1.82, 2.24) is 14.5 Å². The van der Waals surface area contributed by atoms with Crippen LogP contribution in [0.1, 0.15) is 18.9 Å². The molecular formula is C12H12FN3O. The highest BCUT2D eigenvalue weighted by molar-refractivity contribution is 5.56. The summed E-state index contributed by atoms with van der Waals surface area (Å²) in [7, 11) is 1.43. The van der Waals surface area contributed by atoms with E-state index in [0.29, 0.717) is 6.04 Å². The molecule has 0 radical (unpaired) electrons. The second kappa shape index (κ2) is 3.84. The Morgan fingerprint density at radius 3 is 2.94 bits per heavy atom. The molecule has 0 unspecified atom stereocenters. The predicted octanol–water partition coefficient (Wildman–Crippen LogP) is 2.43. The first-order valence-electron chi connectivity index (χ1n) is 5.52. The number of pyridine rings is 1. The molecule has 0 aromatic carbocycles. The quantitative estimate of drug-likeness (QED) is 0.764. The highest BCUT2D eigenvalue weighted by atomic mass is 19.1. The third-order valence-corrected chi connectivity index (χ3v) is 2.89. The van der Waals surface area contributed by atoms with E-state index in [1.54, 1.807) is 12.3 Å². The summed E-state index contributed by atoms with van der Waals surface area (Å²) < 4.78 is 20.3. The van der Waals surface area contributed by atoms with Gasteiger partial charge in [-0.15, -0.1) is 0 Å². The fraction of sp³-hybridized carbons (Fsp3) is 0.333. The standard InChI is InChI=1S/C12H12FN3O/c1-17-10-6-8(7-15-11(10)13)12-14-4-5-16(12)9-2-3-9/h4-7,9H,2-3H2,1H3. The molecule has 1 saturated carbocycles. The Kier molecular flexibility index (Phi) is 2.31. The minimum absolute atomic E-state index is 0.146. The van der Waals surface area contributed by atoms with Crippen molar-refractivity contribution in [2.45, 2.75) is 18.9 Å². The van der Waals surface area contributed by atoms with Gasteiger partial charge in [0.2, 0.25) is 0 Å². The van der Waals surface area contributed by atoms with Gasteiger partial charge in [-0.05, 0) is 18.9 Å². The Bertz CT molecular complexity index is 548. The zero-order chi connectivity index (χ0) is 11.8. The number of imidazole rings is 1. The maximum atomic E-state index is 13.2. The Labute approximate surface area is 98.1 Å². The van der Waals surface area contributed by atoms with Gasteiger partial charge in [-0.1, -0.05) is 0 Å². The van der Waals surface area contributed by atoms with Gasteiger partial charge < -0.3 is 9.30 Å². The zero-order valence-electron chi connectivity index (χ0n) is 9.43. The van der Waals surface area contributed by atoms with E-state index in [1.165, 1.54) is 26.1 Å². The second-order valence-corrected chi connectivity index (χ2v) is 4.11. The summed E-state index contributed by atoms with van der Waals surface area (Å²) in [6, 6.07) is 2.16. The van der Waals surface area contributed by atoms with Gasteiger partial charge >= 0.3 is 0 Å². The van der Waals surface area contributed by atoms with Crippen molar-refractivity contribution in [3.05, 3.63) is 30.6 Å². The average Bonchev–Trinajstić information content (AvgIpc) is 3.08. The van der Waals surface area contributed by atoms with Crippen LogP contribution in [0.5, 0.6) is 5.75 Å². The van der Waals surface area contributed by atoms with Crippen molar-refractivity contribution in [2.24, 2.45) is 0 Å². The molecule has 0 saturated heterocycles. The van der Waals surface area contributed by atoms with Gasteiger partial charge in [-0.25, -0.2) is 9.97 Å². The topological polar surface area (TPSA) is 39.9 Å². The fourth-order valence-corrected chi connectivity index (χ4v) is 1.88. The molecule has 0 bridgehead atoms. The van der Waals surface area contributed by atoms with E-state index in [1.807, 2.05) is 6.20 Å². The van der Waals surface area contributed by atoms with Gasteiger partial charge in [0.1, 0.15) is 5.82 Å². The monoisotopic (exact) mass is 233 g/mol. The largest absolute Gasteiger partial charge is 0.492 e. The third kappa shape index (κ3) is 1.77. The highest BCUT2D eigenvalue weighted by Crippen LogP contribution is 2.38. The molecule has 2 aromatic heterocycles. The molecule has 0 atom stereocenters. The molecule has 17 heavy (non-hydrogen) atoms. The van der Waals surface area contributed by atoms with Crippen LogP contribution in [-0.2, 0) is 0 Å². The minimum Gasteiger partial charge on any atom is -0.492 e. The van der Waals surface area contributed by atoms with Crippen LogP contribution >= 0.6 is 0 Å². The zero-order valence-corrected chi connectivity index (χ0v) is 9.43. The fourth-order valence-electron chi connectivity index (χ4n) is 1.88. The Morgan fingerprint density at radius 1 is 1.41 bits per heavy atom. The summed E-state index contributed by atoms with van der Waals surface area (Å²) in [4.78, 5) is 7.98. The van der Waals surface area contributed by atoms with Gasteiger partial charge in [0.15, 0.2) is 5.75 Å². The molecule has 1 aliphatic carbocycles. The normalized spacial score (nSPS) is 14.9. The maximum absolute atomic E-state index is 13.2. The van der Waals surface area contributed by atoms with Crippen LogP contribution in [0.25, 0.3) is 11.4 Å². The third-order valence-electron chi connectivity index (χ3n) is 2.89. The van der Waals surface area contributed by atoms with E-state index in [9.17, 15) is 4.39 Å². The smallest absolute Gasteiger partial charge is 0.255 e. The van der Waals surface area contributed by atoms with Crippen LogP contribution < -0.4 is 4.74 Å². The number of ether oxygens (including phenoxy) is 1. The SMILES string of the molecule is COc1cc(-c2nccn2C2CC2)cnc1F. The van der Waals surface area contributed by atoms with Crippen molar-refractivity contribution in [1.29, 1.82) is 0 Å². The van der Waals surface area contributed by atoms with Crippen LogP contribution in [0.15, 0.2) is 24.7 Å². The van der Waals surface area contributed by atoms with Crippen LogP contribution in [0.4, 0.5) is 4.39 Å².